The number of rotatable bonds is 5. The van der Waals surface area contributed by atoms with Crippen molar-refractivity contribution in [2.45, 2.75) is 12.6 Å². The van der Waals surface area contributed by atoms with E-state index in [2.05, 4.69) is 10.6 Å². The zero-order valence-corrected chi connectivity index (χ0v) is 14.0. The number of halogens is 2. The number of likely N-dealkylation sites (N-methyl/N-ethyl adjacent to an activating group) is 1. The minimum Gasteiger partial charge on any atom is -0.357 e. The van der Waals surface area contributed by atoms with Gasteiger partial charge in [-0.3, -0.25) is 9.59 Å². The fourth-order valence-corrected chi connectivity index (χ4v) is 2.78. The molecule has 3 rings (SSSR count). The predicted molar refractivity (Wildman–Crippen MR) is 93.2 cm³/mol. The molecule has 1 unspecified atom stereocenters. The highest BCUT2D eigenvalue weighted by atomic mass is 19.2. The van der Waals surface area contributed by atoms with Gasteiger partial charge in [0.25, 0.3) is 0 Å². The van der Waals surface area contributed by atoms with Crippen molar-refractivity contribution in [1.29, 1.82) is 0 Å². The van der Waals surface area contributed by atoms with Crippen LogP contribution in [0.5, 0.6) is 0 Å². The van der Waals surface area contributed by atoms with E-state index >= 15 is 0 Å². The minimum atomic E-state index is -1.12. The van der Waals surface area contributed by atoms with E-state index < -0.39 is 29.5 Å². The van der Waals surface area contributed by atoms with Crippen LogP contribution in [0.2, 0.25) is 0 Å². The first kappa shape index (κ1) is 17.6. The van der Waals surface area contributed by atoms with Gasteiger partial charge in [0.15, 0.2) is 11.6 Å². The topological polar surface area (TPSA) is 63.1 Å². The average Bonchev–Trinajstić information content (AvgIpc) is 3.04. The largest absolute Gasteiger partial charge is 0.357 e. The summed E-state index contributed by atoms with van der Waals surface area (Å²) in [6.45, 7) is -0.00924. The van der Waals surface area contributed by atoms with Crippen molar-refractivity contribution in [3.63, 3.8) is 0 Å². The van der Waals surface area contributed by atoms with Crippen molar-refractivity contribution in [2.24, 2.45) is 0 Å². The molecule has 0 radical (unpaired) electrons. The third-order valence-electron chi connectivity index (χ3n) is 4.09. The van der Waals surface area contributed by atoms with Crippen molar-refractivity contribution in [2.75, 3.05) is 7.05 Å². The molecule has 3 aromatic rings. The fraction of sp³-hybridized carbons (Fsp3) is 0.158. The van der Waals surface area contributed by atoms with Gasteiger partial charge in [-0.1, -0.05) is 24.3 Å². The first-order valence-electron chi connectivity index (χ1n) is 7.99. The monoisotopic (exact) mass is 357 g/mol. The van der Waals surface area contributed by atoms with Crippen LogP contribution in [-0.4, -0.2) is 23.4 Å². The number of hydrogen-bond acceptors (Lipinski definition) is 2. The number of hydrogen-bond donors (Lipinski definition) is 2. The molecule has 2 aromatic carbocycles. The fourth-order valence-electron chi connectivity index (χ4n) is 2.78. The number of fused-ring (bicyclic) bond motifs is 1. The molecule has 0 fully saturated rings. The Kier molecular flexibility index (Phi) is 4.97. The van der Waals surface area contributed by atoms with Gasteiger partial charge in [0, 0.05) is 18.8 Å². The van der Waals surface area contributed by atoms with Crippen molar-refractivity contribution >= 4 is 22.7 Å². The van der Waals surface area contributed by atoms with Crippen LogP contribution in [0.4, 0.5) is 8.78 Å². The van der Waals surface area contributed by atoms with Crippen LogP contribution in [-0.2, 0) is 16.1 Å². The molecule has 0 aliphatic heterocycles. The molecule has 2 N–H and O–H groups in total. The molecular formula is C19H17F2N3O2. The van der Waals surface area contributed by atoms with Crippen LogP contribution in [0, 0.1) is 11.6 Å². The SMILES string of the molecule is CNC(=O)C(NC(=O)Cn1ccc2ccccc21)c1ccc(F)c(F)c1. The van der Waals surface area contributed by atoms with E-state index in [1.54, 1.807) is 10.8 Å². The zero-order chi connectivity index (χ0) is 18.7. The van der Waals surface area contributed by atoms with Crippen LogP contribution < -0.4 is 10.6 Å². The molecule has 26 heavy (non-hydrogen) atoms. The summed E-state index contributed by atoms with van der Waals surface area (Å²) in [4.78, 5) is 24.5. The maximum atomic E-state index is 13.5. The van der Waals surface area contributed by atoms with Crippen molar-refractivity contribution in [3.05, 3.63) is 71.9 Å². The van der Waals surface area contributed by atoms with E-state index in [9.17, 15) is 18.4 Å². The summed E-state index contributed by atoms with van der Waals surface area (Å²) in [7, 11) is 1.40. The highest BCUT2D eigenvalue weighted by Crippen LogP contribution is 2.18. The number of carbonyl (C=O) groups excluding carboxylic acids is 2. The molecule has 0 bridgehead atoms. The van der Waals surface area contributed by atoms with Crippen molar-refractivity contribution in [1.82, 2.24) is 15.2 Å². The number of nitrogens with one attached hydrogen (secondary N) is 2. The van der Waals surface area contributed by atoms with Gasteiger partial charge in [-0.25, -0.2) is 8.78 Å². The minimum absolute atomic E-state index is 0.00924. The second-order valence-electron chi connectivity index (χ2n) is 5.79. The summed E-state index contributed by atoms with van der Waals surface area (Å²) in [5.74, 6) is -3.05. The highest BCUT2D eigenvalue weighted by Gasteiger charge is 2.23. The van der Waals surface area contributed by atoms with Gasteiger partial charge in [-0.05, 0) is 35.2 Å². The third kappa shape index (κ3) is 3.56. The van der Waals surface area contributed by atoms with Gasteiger partial charge in [0.2, 0.25) is 11.8 Å². The molecule has 1 atom stereocenters. The Morgan fingerprint density at radius 3 is 2.58 bits per heavy atom. The molecule has 5 nitrogen and oxygen atoms in total. The number of aromatic nitrogens is 1. The third-order valence-corrected chi connectivity index (χ3v) is 4.09. The Morgan fingerprint density at radius 1 is 1.08 bits per heavy atom. The number of para-hydroxylation sites is 1. The maximum absolute atomic E-state index is 13.5. The van der Waals surface area contributed by atoms with Gasteiger partial charge in [0.05, 0.1) is 0 Å². The van der Waals surface area contributed by atoms with Crippen LogP contribution in [0.1, 0.15) is 11.6 Å². The lowest BCUT2D eigenvalue weighted by molar-refractivity contribution is -0.129. The summed E-state index contributed by atoms with van der Waals surface area (Å²) < 4.78 is 28.4. The molecule has 134 valence electrons. The average molecular weight is 357 g/mol. The van der Waals surface area contributed by atoms with Gasteiger partial charge >= 0.3 is 0 Å². The lowest BCUT2D eigenvalue weighted by Gasteiger charge is -2.18. The highest BCUT2D eigenvalue weighted by molar-refractivity contribution is 5.89. The number of carbonyl (C=O) groups is 2. The molecule has 0 aliphatic rings. The Bertz CT molecular complexity index is 968. The Hall–Kier alpha value is -3.22. The molecule has 7 heteroatoms. The number of amides is 2. The molecule has 1 heterocycles. The second kappa shape index (κ2) is 7.35. The van der Waals surface area contributed by atoms with Crippen LogP contribution in [0.25, 0.3) is 10.9 Å². The van der Waals surface area contributed by atoms with Gasteiger partial charge in [0.1, 0.15) is 12.6 Å². The number of benzene rings is 2. The summed E-state index contributed by atoms with van der Waals surface area (Å²) in [6, 6.07) is 11.4. The Balaban J connectivity index is 1.81. The van der Waals surface area contributed by atoms with E-state index in [1.807, 2.05) is 30.3 Å². The lowest BCUT2D eigenvalue weighted by atomic mass is 10.1. The quantitative estimate of drug-likeness (QED) is 0.737. The summed E-state index contributed by atoms with van der Waals surface area (Å²) >= 11 is 0. The molecule has 0 aliphatic carbocycles. The molecule has 1 aromatic heterocycles. The molecular weight excluding hydrogens is 340 g/mol. The van der Waals surface area contributed by atoms with Crippen LogP contribution in [0.3, 0.4) is 0 Å². The second-order valence-corrected chi connectivity index (χ2v) is 5.79. The summed E-state index contributed by atoms with van der Waals surface area (Å²) in [6.07, 6.45) is 1.77. The molecule has 0 saturated carbocycles. The lowest BCUT2D eigenvalue weighted by Crippen LogP contribution is -2.40. The van der Waals surface area contributed by atoms with Gasteiger partial charge in [-0.2, -0.15) is 0 Å². The van der Waals surface area contributed by atoms with Crippen LogP contribution >= 0.6 is 0 Å². The van der Waals surface area contributed by atoms with Crippen molar-refractivity contribution < 1.29 is 18.4 Å². The van der Waals surface area contributed by atoms with Crippen molar-refractivity contribution in [3.8, 4) is 0 Å². The van der Waals surface area contributed by atoms with Gasteiger partial charge in [-0.15, -0.1) is 0 Å². The van der Waals surface area contributed by atoms with Crippen LogP contribution in [0.15, 0.2) is 54.7 Å². The van der Waals surface area contributed by atoms with E-state index in [-0.39, 0.29) is 12.1 Å². The standard InChI is InChI=1S/C19H17F2N3O2/c1-22-19(26)18(13-6-7-14(20)15(21)10-13)23-17(25)11-24-9-8-12-4-2-3-5-16(12)24/h2-10,18H,11H2,1H3,(H,22,26)(H,23,25). The molecule has 0 saturated heterocycles. The smallest absolute Gasteiger partial charge is 0.246 e. The normalized spacial score (nSPS) is 12.0. The number of nitrogens with zero attached hydrogens (tertiary/aromatic N) is 1. The van der Waals surface area contributed by atoms with Gasteiger partial charge < -0.3 is 15.2 Å². The van der Waals surface area contributed by atoms with E-state index in [0.29, 0.717) is 0 Å². The summed E-state index contributed by atoms with van der Waals surface area (Å²) in [5, 5.41) is 5.98. The molecule has 2 amide bonds. The zero-order valence-electron chi connectivity index (χ0n) is 14.0. The van der Waals surface area contributed by atoms with E-state index in [0.717, 1.165) is 23.0 Å². The first-order valence-corrected chi connectivity index (χ1v) is 7.99. The summed E-state index contributed by atoms with van der Waals surface area (Å²) in [5.41, 5.74) is 1.04. The van der Waals surface area contributed by atoms with E-state index in [4.69, 9.17) is 0 Å². The first-order chi connectivity index (χ1) is 12.5. The predicted octanol–water partition coefficient (Wildman–Crippen LogP) is 2.52. The Morgan fingerprint density at radius 2 is 1.85 bits per heavy atom. The maximum Gasteiger partial charge on any atom is 0.246 e. The van der Waals surface area contributed by atoms with E-state index in [1.165, 1.54) is 13.1 Å². The Labute approximate surface area is 148 Å². The molecule has 0 spiro atoms.